The van der Waals surface area contributed by atoms with Gasteiger partial charge in [0.15, 0.2) is 23.0 Å². The van der Waals surface area contributed by atoms with Crippen LogP contribution in [0.2, 0.25) is 0 Å². The topological polar surface area (TPSA) is 112 Å². The van der Waals surface area contributed by atoms with E-state index < -0.39 is 23.8 Å². The summed E-state index contributed by atoms with van der Waals surface area (Å²) in [7, 11) is 0. The molecule has 4 rings (SSSR count). The number of carboxylic acid groups (broad SMARTS) is 2. The molecular weight excluding hydrogens is 368 g/mol. The summed E-state index contributed by atoms with van der Waals surface area (Å²) in [5.41, 5.74) is 1.35. The highest BCUT2D eigenvalue weighted by molar-refractivity contribution is 5.80. The van der Waals surface area contributed by atoms with Crippen LogP contribution in [-0.4, -0.2) is 35.7 Å². The fraction of sp³-hybridized carbons (Fsp3) is 0.300. The molecule has 2 unspecified atom stereocenters. The molecule has 0 spiro atoms. The second-order valence-electron chi connectivity index (χ2n) is 6.67. The average Bonchev–Trinajstić information content (AvgIpc) is 3.32. The molecule has 2 aliphatic rings. The van der Waals surface area contributed by atoms with E-state index >= 15 is 0 Å². The maximum Gasteiger partial charge on any atom is 0.307 e. The molecule has 0 aromatic heterocycles. The summed E-state index contributed by atoms with van der Waals surface area (Å²) < 4.78 is 21.1. The van der Waals surface area contributed by atoms with Gasteiger partial charge in [-0.15, -0.1) is 0 Å². The molecule has 2 N–H and O–H groups in total. The summed E-state index contributed by atoms with van der Waals surface area (Å²) in [4.78, 5) is 23.8. The molecule has 2 atom stereocenters. The Bertz CT molecular complexity index is 847. The first kappa shape index (κ1) is 18.0. The molecule has 0 fully saturated rings. The van der Waals surface area contributed by atoms with Gasteiger partial charge in [0.2, 0.25) is 13.6 Å². The number of benzene rings is 2. The van der Waals surface area contributed by atoms with Gasteiger partial charge in [-0.1, -0.05) is 12.1 Å². The number of aliphatic carboxylic acids is 2. The number of ether oxygens (including phenoxy) is 4. The van der Waals surface area contributed by atoms with Crippen molar-refractivity contribution >= 4 is 11.9 Å². The predicted molar refractivity (Wildman–Crippen MR) is 94.8 cm³/mol. The number of carboxylic acids is 2. The minimum absolute atomic E-state index is 0.0630. The van der Waals surface area contributed by atoms with Crippen LogP contribution in [0.4, 0.5) is 0 Å². The highest BCUT2D eigenvalue weighted by Crippen LogP contribution is 2.36. The Hall–Kier alpha value is -3.42. The second-order valence-corrected chi connectivity index (χ2v) is 6.67. The van der Waals surface area contributed by atoms with E-state index in [-0.39, 0.29) is 26.4 Å². The summed E-state index contributed by atoms with van der Waals surface area (Å²) in [6, 6.07) is 10.2. The molecule has 2 aliphatic heterocycles. The van der Waals surface area contributed by atoms with Crippen molar-refractivity contribution in [2.24, 2.45) is 11.8 Å². The summed E-state index contributed by atoms with van der Waals surface area (Å²) in [6.07, 6.45) is 0.126. The quantitative estimate of drug-likeness (QED) is 0.746. The molecule has 0 bridgehead atoms. The van der Waals surface area contributed by atoms with Crippen LogP contribution in [0.3, 0.4) is 0 Å². The predicted octanol–water partition coefficient (Wildman–Crippen LogP) is 2.33. The molecular formula is C20H18O8. The lowest BCUT2D eigenvalue weighted by Gasteiger charge is -2.21. The van der Waals surface area contributed by atoms with E-state index in [2.05, 4.69) is 0 Å². The van der Waals surface area contributed by atoms with Gasteiger partial charge in [-0.3, -0.25) is 9.59 Å². The maximum atomic E-state index is 11.9. The molecule has 0 amide bonds. The van der Waals surface area contributed by atoms with Crippen molar-refractivity contribution < 1.29 is 38.7 Å². The van der Waals surface area contributed by atoms with Gasteiger partial charge in [0.25, 0.3) is 0 Å². The zero-order valence-electron chi connectivity index (χ0n) is 14.8. The molecule has 146 valence electrons. The second kappa shape index (κ2) is 7.30. The van der Waals surface area contributed by atoms with Gasteiger partial charge in [-0.2, -0.15) is 0 Å². The third-order valence-corrected chi connectivity index (χ3v) is 4.91. The van der Waals surface area contributed by atoms with Gasteiger partial charge >= 0.3 is 11.9 Å². The highest BCUT2D eigenvalue weighted by Gasteiger charge is 2.34. The maximum absolute atomic E-state index is 11.9. The molecule has 8 heteroatoms. The Labute approximate surface area is 160 Å². The molecule has 0 saturated heterocycles. The molecule has 28 heavy (non-hydrogen) atoms. The van der Waals surface area contributed by atoms with Gasteiger partial charge in [-0.05, 0) is 48.2 Å². The first-order valence-corrected chi connectivity index (χ1v) is 8.74. The van der Waals surface area contributed by atoms with Gasteiger partial charge < -0.3 is 29.2 Å². The van der Waals surface area contributed by atoms with Crippen LogP contribution in [0.25, 0.3) is 0 Å². The Morgan fingerprint density at radius 1 is 0.714 bits per heavy atom. The average molecular weight is 386 g/mol. The number of fused-ring (bicyclic) bond motifs is 2. The van der Waals surface area contributed by atoms with E-state index in [4.69, 9.17) is 18.9 Å². The van der Waals surface area contributed by atoms with E-state index in [9.17, 15) is 19.8 Å². The van der Waals surface area contributed by atoms with Crippen molar-refractivity contribution in [3.63, 3.8) is 0 Å². The van der Waals surface area contributed by atoms with Gasteiger partial charge in [0.05, 0.1) is 11.8 Å². The first-order chi connectivity index (χ1) is 13.5. The van der Waals surface area contributed by atoms with E-state index in [1.807, 2.05) is 0 Å². The number of hydrogen-bond donors (Lipinski definition) is 2. The zero-order chi connectivity index (χ0) is 19.7. The summed E-state index contributed by atoms with van der Waals surface area (Å²) in [5, 5.41) is 19.4. The van der Waals surface area contributed by atoms with Gasteiger partial charge in [-0.25, -0.2) is 0 Å². The van der Waals surface area contributed by atoms with Crippen molar-refractivity contribution in [2.45, 2.75) is 12.8 Å². The minimum atomic E-state index is -1.16. The van der Waals surface area contributed by atoms with Gasteiger partial charge in [0, 0.05) is 0 Å². The van der Waals surface area contributed by atoms with Crippen LogP contribution in [0.15, 0.2) is 36.4 Å². The van der Waals surface area contributed by atoms with Crippen molar-refractivity contribution in [3.8, 4) is 23.0 Å². The summed E-state index contributed by atoms with van der Waals surface area (Å²) in [6.45, 7) is 0.228. The zero-order valence-corrected chi connectivity index (χ0v) is 14.8. The minimum Gasteiger partial charge on any atom is -0.481 e. The standard InChI is InChI=1S/C20H18O8/c21-19(22)13(5-11-1-3-15-17(7-11)27-9-25-15)14(20(23)24)6-12-2-4-16-18(8-12)28-10-26-16/h1-4,7-8,13-14H,5-6,9-10H2,(H,21,22)(H,23,24). The monoisotopic (exact) mass is 386 g/mol. The molecule has 2 aromatic carbocycles. The van der Waals surface area contributed by atoms with Crippen LogP contribution >= 0.6 is 0 Å². The van der Waals surface area contributed by atoms with E-state index in [1.54, 1.807) is 36.4 Å². The van der Waals surface area contributed by atoms with Crippen molar-refractivity contribution in [1.82, 2.24) is 0 Å². The third kappa shape index (κ3) is 3.53. The van der Waals surface area contributed by atoms with E-state index in [0.29, 0.717) is 34.1 Å². The fourth-order valence-electron chi connectivity index (χ4n) is 3.45. The van der Waals surface area contributed by atoms with E-state index in [1.165, 1.54) is 0 Å². The molecule has 8 nitrogen and oxygen atoms in total. The summed E-state index contributed by atoms with van der Waals surface area (Å²) in [5.74, 6) is -2.30. The highest BCUT2D eigenvalue weighted by atomic mass is 16.7. The normalized spacial score (nSPS) is 15.9. The molecule has 2 aromatic rings. The number of hydrogen-bond acceptors (Lipinski definition) is 6. The fourth-order valence-corrected chi connectivity index (χ4v) is 3.45. The molecule has 0 radical (unpaired) electrons. The van der Waals surface area contributed by atoms with Crippen molar-refractivity contribution in [1.29, 1.82) is 0 Å². The van der Waals surface area contributed by atoms with E-state index in [0.717, 1.165) is 0 Å². The van der Waals surface area contributed by atoms with Crippen LogP contribution in [-0.2, 0) is 22.4 Å². The number of rotatable bonds is 7. The third-order valence-electron chi connectivity index (χ3n) is 4.91. The van der Waals surface area contributed by atoms with Crippen LogP contribution in [0.1, 0.15) is 11.1 Å². The first-order valence-electron chi connectivity index (χ1n) is 8.74. The van der Waals surface area contributed by atoms with Crippen LogP contribution in [0.5, 0.6) is 23.0 Å². The van der Waals surface area contributed by atoms with Crippen molar-refractivity contribution in [3.05, 3.63) is 47.5 Å². The molecule has 2 heterocycles. The Morgan fingerprint density at radius 2 is 1.11 bits per heavy atom. The smallest absolute Gasteiger partial charge is 0.307 e. The largest absolute Gasteiger partial charge is 0.481 e. The molecule has 0 saturated carbocycles. The lowest BCUT2D eigenvalue weighted by Crippen LogP contribution is -2.33. The summed E-state index contributed by atoms with van der Waals surface area (Å²) >= 11 is 0. The Morgan fingerprint density at radius 3 is 1.50 bits per heavy atom. The Kier molecular flexibility index (Phi) is 4.68. The lowest BCUT2D eigenvalue weighted by atomic mass is 9.82. The van der Waals surface area contributed by atoms with Crippen LogP contribution in [0, 0.1) is 11.8 Å². The van der Waals surface area contributed by atoms with Crippen molar-refractivity contribution in [2.75, 3.05) is 13.6 Å². The number of carbonyl (C=O) groups is 2. The SMILES string of the molecule is O=C(O)C(Cc1ccc2c(c1)OCO2)C(Cc1ccc2c(c1)OCO2)C(=O)O. The van der Waals surface area contributed by atoms with Gasteiger partial charge in [0.1, 0.15) is 0 Å². The lowest BCUT2D eigenvalue weighted by molar-refractivity contribution is -0.153. The van der Waals surface area contributed by atoms with Crippen LogP contribution < -0.4 is 18.9 Å². The Balaban J connectivity index is 1.56. The molecule has 0 aliphatic carbocycles.